The predicted octanol–water partition coefficient (Wildman–Crippen LogP) is 2.45. The van der Waals surface area contributed by atoms with E-state index in [0.29, 0.717) is 28.6 Å². The van der Waals surface area contributed by atoms with Crippen LogP contribution in [0.1, 0.15) is 10.5 Å². The zero-order valence-electron chi connectivity index (χ0n) is 14.2. The van der Waals surface area contributed by atoms with Crippen LogP contribution in [-0.2, 0) is 7.05 Å². The Balaban J connectivity index is 1.57. The van der Waals surface area contributed by atoms with E-state index in [2.05, 4.69) is 25.5 Å². The molecule has 1 N–H and O–H groups in total. The smallest absolute Gasteiger partial charge is 0.275 e. The molecule has 0 saturated carbocycles. The van der Waals surface area contributed by atoms with E-state index in [4.69, 9.17) is 0 Å². The standard InChI is InChI=1S/C18H14FN7O/c1-25-15(9-14(24-25)12-3-5-13(19)6-4-12)18(27)23-16-10-17(21-11-20-16)26-8-2-7-22-26/h2-11H,1H3,(H,20,21,23,27). The number of aromatic nitrogens is 6. The first kappa shape index (κ1) is 16.6. The molecule has 3 aromatic heterocycles. The van der Waals surface area contributed by atoms with Gasteiger partial charge in [-0.3, -0.25) is 9.48 Å². The maximum atomic E-state index is 13.1. The van der Waals surface area contributed by atoms with Crippen molar-refractivity contribution in [2.45, 2.75) is 0 Å². The first-order valence-electron chi connectivity index (χ1n) is 8.03. The maximum absolute atomic E-state index is 13.1. The summed E-state index contributed by atoms with van der Waals surface area (Å²) >= 11 is 0. The minimum atomic E-state index is -0.372. The molecule has 1 aromatic carbocycles. The molecule has 1 amide bonds. The monoisotopic (exact) mass is 363 g/mol. The van der Waals surface area contributed by atoms with Crippen LogP contribution < -0.4 is 5.32 Å². The lowest BCUT2D eigenvalue weighted by molar-refractivity contribution is 0.101. The summed E-state index contributed by atoms with van der Waals surface area (Å²) in [5.41, 5.74) is 1.63. The highest BCUT2D eigenvalue weighted by atomic mass is 19.1. The van der Waals surface area contributed by atoms with Gasteiger partial charge in [-0.25, -0.2) is 19.0 Å². The van der Waals surface area contributed by atoms with E-state index in [-0.39, 0.29) is 11.7 Å². The minimum absolute atomic E-state index is 0.329. The Hall–Kier alpha value is -3.88. The van der Waals surface area contributed by atoms with Crippen LogP contribution in [0.2, 0.25) is 0 Å². The number of benzene rings is 1. The lowest BCUT2D eigenvalue weighted by Gasteiger charge is -2.06. The summed E-state index contributed by atoms with van der Waals surface area (Å²) in [5.74, 6) is 0.167. The summed E-state index contributed by atoms with van der Waals surface area (Å²) in [6, 6.07) is 10.9. The predicted molar refractivity (Wildman–Crippen MR) is 95.7 cm³/mol. The van der Waals surface area contributed by atoms with Crippen LogP contribution in [0.3, 0.4) is 0 Å². The maximum Gasteiger partial charge on any atom is 0.275 e. The van der Waals surface area contributed by atoms with Gasteiger partial charge in [0.25, 0.3) is 5.91 Å². The molecule has 0 aliphatic carbocycles. The zero-order chi connectivity index (χ0) is 18.8. The number of anilines is 1. The number of nitrogens with zero attached hydrogens (tertiary/aromatic N) is 6. The van der Waals surface area contributed by atoms with Crippen molar-refractivity contribution in [1.29, 1.82) is 0 Å². The molecule has 0 saturated heterocycles. The fourth-order valence-corrected chi connectivity index (χ4v) is 2.57. The van der Waals surface area contributed by atoms with Gasteiger partial charge in [0.15, 0.2) is 5.82 Å². The number of carbonyl (C=O) groups excluding carboxylic acids is 1. The average Bonchev–Trinajstić information content (AvgIpc) is 3.32. The highest BCUT2D eigenvalue weighted by Gasteiger charge is 2.15. The van der Waals surface area contributed by atoms with Crippen molar-refractivity contribution in [2.75, 3.05) is 5.32 Å². The van der Waals surface area contributed by atoms with Crippen molar-refractivity contribution in [1.82, 2.24) is 29.5 Å². The molecule has 9 heteroatoms. The second-order valence-corrected chi connectivity index (χ2v) is 5.71. The number of carbonyl (C=O) groups is 1. The van der Waals surface area contributed by atoms with Crippen LogP contribution in [0.4, 0.5) is 10.2 Å². The Kier molecular flexibility index (Phi) is 4.17. The molecule has 4 aromatic rings. The van der Waals surface area contributed by atoms with Crippen molar-refractivity contribution in [3.8, 4) is 17.1 Å². The van der Waals surface area contributed by atoms with Gasteiger partial charge in [-0.2, -0.15) is 10.2 Å². The zero-order valence-corrected chi connectivity index (χ0v) is 14.2. The number of halogens is 1. The molecular formula is C18H14FN7O. The van der Waals surface area contributed by atoms with Gasteiger partial charge in [-0.1, -0.05) is 0 Å². The molecule has 0 aliphatic rings. The number of hydrogen-bond donors (Lipinski definition) is 1. The van der Waals surface area contributed by atoms with Crippen molar-refractivity contribution in [2.24, 2.45) is 7.05 Å². The van der Waals surface area contributed by atoms with Gasteiger partial charge in [0.2, 0.25) is 0 Å². The van der Waals surface area contributed by atoms with Crippen LogP contribution in [0, 0.1) is 5.82 Å². The molecule has 0 unspecified atom stereocenters. The van der Waals surface area contributed by atoms with Gasteiger partial charge in [-0.05, 0) is 36.4 Å². The van der Waals surface area contributed by atoms with Gasteiger partial charge in [0, 0.05) is 31.1 Å². The van der Waals surface area contributed by atoms with Crippen molar-refractivity contribution < 1.29 is 9.18 Å². The number of rotatable bonds is 4. The molecule has 27 heavy (non-hydrogen) atoms. The molecule has 3 heterocycles. The Morgan fingerprint density at radius 2 is 1.96 bits per heavy atom. The van der Waals surface area contributed by atoms with E-state index < -0.39 is 0 Å². The molecule has 0 spiro atoms. The number of amides is 1. The number of aryl methyl sites for hydroxylation is 1. The molecule has 4 rings (SSSR count). The summed E-state index contributed by atoms with van der Waals surface area (Å²) in [4.78, 5) is 20.8. The van der Waals surface area contributed by atoms with Crippen molar-refractivity contribution >= 4 is 11.7 Å². The third-order valence-electron chi connectivity index (χ3n) is 3.89. The van der Waals surface area contributed by atoms with Crippen LogP contribution in [0.25, 0.3) is 17.1 Å². The molecule has 134 valence electrons. The molecule has 0 bridgehead atoms. The van der Waals surface area contributed by atoms with Gasteiger partial charge in [0.05, 0.1) is 5.69 Å². The molecule has 0 atom stereocenters. The van der Waals surface area contributed by atoms with Gasteiger partial charge >= 0.3 is 0 Å². The summed E-state index contributed by atoms with van der Waals surface area (Å²) < 4.78 is 16.1. The summed E-state index contributed by atoms with van der Waals surface area (Å²) in [6.45, 7) is 0. The number of nitrogens with one attached hydrogen (secondary N) is 1. The second-order valence-electron chi connectivity index (χ2n) is 5.71. The number of hydrogen-bond acceptors (Lipinski definition) is 5. The summed E-state index contributed by atoms with van der Waals surface area (Å²) in [6.07, 6.45) is 4.72. The van der Waals surface area contributed by atoms with Crippen LogP contribution in [0.5, 0.6) is 0 Å². The van der Waals surface area contributed by atoms with Gasteiger partial charge in [0.1, 0.15) is 23.7 Å². The van der Waals surface area contributed by atoms with Crippen LogP contribution in [0.15, 0.2) is 61.2 Å². The molecule has 0 aliphatic heterocycles. The fourth-order valence-electron chi connectivity index (χ4n) is 2.57. The lowest BCUT2D eigenvalue weighted by atomic mass is 10.1. The van der Waals surface area contributed by atoms with E-state index in [1.54, 1.807) is 54.5 Å². The molecular weight excluding hydrogens is 349 g/mol. The largest absolute Gasteiger partial charge is 0.305 e. The Morgan fingerprint density at radius 1 is 1.15 bits per heavy atom. The third-order valence-corrected chi connectivity index (χ3v) is 3.89. The highest BCUT2D eigenvalue weighted by molar-refractivity contribution is 6.03. The SMILES string of the molecule is Cn1nc(-c2ccc(F)cc2)cc1C(=O)Nc1cc(-n2cccn2)ncn1. The average molecular weight is 363 g/mol. The topological polar surface area (TPSA) is 90.5 Å². The fraction of sp³-hybridized carbons (Fsp3) is 0.0556. The third kappa shape index (κ3) is 3.43. The van der Waals surface area contributed by atoms with Crippen molar-refractivity contribution in [3.05, 3.63) is 72.7 Å². The van der Waals surface area contributed by atoms with E-state index in [0.717, 1.165) is 0 Å². The van der Waals surface area contributed by atoms with E-state index >= 15 is 0 Å². The Morgan fingerprint density at radius 3 is 2.70 bits per heavy atom. The second kappa shape index (κ2) is 6.79. The summed E-state index contributed by atoms with van der Waals surface area (Å²) in [7, 11) is 1.66. The normalized spacial score (nSPS) is 10.7. The first-order valence-corrected chi connectivity index (χ1v) is 8.03. The lowest BCUT2D eigenvalue weighted by Crippen LogP contribution is -2.17. The van der Waals surface area contributed by atoms with Crippen LogP contribution >= 0.6 is 0 Å². The van der Waals surface area contributed by atoms with Gasteiger partial charge < -0.3 is 5.32 Å². The molecule has 0 fully saturated rings. The quantitative estimate of drug-likeness (QED) is 0.601. The van der Waals surface area contributed by atoms with E-state index in [9.17, 15) is 9.18 Å². The van der Waals surface area contributed by atoms with Gasteiger partial charge in [-0.15, -0.1) is 0 Å². The Bertz CT molecular complexity index is 1090. The van der Waals surface area contributed by atoms with E-state index in [1.165, 1.54) is 23.1 Å². The van der Waals surface area contributed by atoms with Crippen LogP contribution in [-0.4, -0.2) is 35.4 Å². The molecule has 8 nitrogen and oxygen atoms in total. The highest BCUT2D eigenvalue weighted by Crippen LogP contribution is 2.20. The van der Waals surface area contributed by atoms with Crippen molar-refractivity contribution in [3.63, 3.8) is 0 Å². The van der Waals surface area contributed by atoms with E-state index in [1.807, 2.05) is 0 Å². The Labute approximate surface area is 153 Å². The molecule has 0 radical (unpaired) electrons. The summed E-state index contributed by atoms with van der Waals surface area (Å²) in [5, 5.41) is 11.1. The first-order chi connectivity index (χ1) is 13.1. The minimum Gasteiger partial charge on any atom is -0.305 e.